The van der Waals surface area contributed by atoms with Crippen molar-refractivity contribution in [3.05, 3.63) is 55.6 Å². The lowest BCUT2D eigenvalue weighted by Gasteiger charge is -2.37. The van der Waals surface area contributed by atoms with Gasteiger partial charge in [-0.05, 0) is 50.7 Å². The maximum Gasteiger partial charge on any atom is 0.248 e. The first-order valence-corrected chi connectivity index (χ1v) is 16.3. The van der Waals surface area contributed by atoms with Crippen molar-refractivity contribution < 1.29 is 24.2 Å². The van der Waals surface area contributed by atoms with Crippen LogP contribution in [0.3, 0.4) is 0 Å². The average molecular weight is 594 g/mol. The molecule has 2 bridgehead atoms. The number of carbonyl (C=O) groups excluding carboxylic acids is 3. The van der Waals surface area contributed by atoms with Gasteiger partial charge >= 0.3 is 0 Å². The lowest BCUT2D eigenvalue weighted by Crippen LogP contribution is -2.56. The highest BCUT2D eigenvalue weighted by atomic mass is 16.5. The third-order valence-electron chi connectivity index (χ3n) is 9.83. The van der Waals surface area contributed by atoms with Crippen LogP contribution < -0.4 is 4.90 Å². The number of unbranched alkanes of at least 4 members (excludes halogenated alkanes) is 5. The predicted molar refractivity (Wildman–Crippen MR) is 169 cm³/mol. The fourth-order valence-corrected chi connectivity index (χ4v) is 7.76. The summed E-state index contributed by atoms with van der Waals surface area (Å²) in [6, 6.07) is 8.72. The van der Waals surface area contributed by atoms with Gasteiger partial charge in [-0.2, -0.15) is 0 Å². The van der Waals surface area contributed by atoms with Crippen LogP contribution in [-0.2, 0) is 19.1 Å². The molecular weight excluding hydrogens is 542 g/mol. The molecular formula is C35H51N3O5. The summed E-state index contributed by atoms with van der Waals surface area (Å²) in [5.74, 6) is -1.81. The van der Waals surface area contributed by atoms with Gasteiger partial charge in [0.15, 0.2) is 0 Å². The number of aliphatic hydroxyl groups is 1. The highest BCUT2D eigenvalue weighted by Crippen LogP contribution is 2.64. The van der Waals surface area contributed by atoms with Crippen molar-refractivity contribution in [2.24, 2.45) is 11.8 Å². The van der Waals surface area contributed by atoms with Crippen molar-refractivity contribution in [3.63, 3.8) is 0 Å². The smallest absolute Gasteiger partial charge is 0.248 e. The summed E-state index contributed by atoms with van der Waals surface area (Å²) in [5.41, 5.74) is -1.10. The van der Waals surface area contributed by atoms with Gasteiger partial charge in [-0.15, -0.1) is 13.2 Å². The molecule has 3 fully saturated rings. The van der Waals surface area contributed by atoms with Gasteiger partial charge in [0.2, 0.25) is 17.7 Å². The maximum absolute atomic E-state index is 14.6. The molecule has 1 aromatic rings. The van der Waals surface area contributed by atoms with Crippen LogP contribution in [0.5, 0.6) is 0 Å². The molecule has 5 atom stereocenters. The molecule has 8 nitrogen and oxygen atoms in total. The van der Waals surface area contributed by atoms with Crippen molar-refractivity contribution in [3.8, 4) is 0 Å². The predicted octanol–water partition coefficient (Wildman–Crippen LogP) is 5.12. The van der Waals surface area contributed by atoms with Crippen molar-refractivity contribution in [2.45, 2.75) is 95.3 Å². The number of anilines is 1. The van der Waals surface area contributed by atoms with Crippen LogP contribution in [0.25, 0.3) is 0 Å². The SMILES string of the molecule is C=CCN(CCCCC)C(=O)C1N(CCCCCCO)C(=O)[C@@H]2[C@H](C(=O)N(CC=C)c3ccccc3)[C@]3(CC)CCC12O3. The first-order chi connectivity index (χ1) is 20.9. The maximum atomic E-state index is 14.6. The lowest BCUT2D eigenvalue weighted by molar-refractivity contribution is -0.152. The normalized spacial score (nSPS) is 27.3. The Morgan fingerprint density at radius 1 is 1.00 bits per heavy atom. The van der Waals surface area contributed by atoms with Gasteiger partial charge in [0.05, 0.1) is 17.4 Å². The monoisotopic (exact) mass is 593 g/mol. The van der Waals surface area contributed by atoms with Gasteiger partial charge < -0.3 is 24.5 Å². The number of likely N-dealkylation sites (tertiary alicyclic amines) is 1. The summed E-state index contributed by atoms with van der Waals surface area (Å²) in [7, 11) is 0. The number of fused-ring (bicyclic) bond motifs is 1. The zero-order valence-corrected chi connectivity index (χ0v) is 26.2. The zero-order valence-electron chi connectivity index (χ0n) is 26.2. The molecule has 236 valence electrons. The third-order valence-corrected chi connectivity index (χ3v) is 9.83. The quantitative estimate of drug-likeness (QED) is 0.189. The standard InChI is InChI=1S/C35H51N3O5/c1-5-9-15-24-36(22-6-2)33(42)30-35-21-20-34(8-4,43-35)28(29(35)32(41)38(30)25-16-10-11-17-26-39)31(40)37(23-7-3)27-18-13-12-14-19-27/h6-7,12-14,18-19,28-30,39H,2-3,5,8-11,15-17,20-26H2,1,4H3/t28-,29+,30?,34+,35?/m1/s1. The number of ether oxygens (including phenoxy) is 1. The van der Waals surface area contributed by atoms with Crippen molar-refractivity contribution in [1.82, 2.24) is 9.80 Å². The highest BCUT2D eigenvalue weighted by molar-refractivity contribution is 6.03. The minimum absolute atomic E-state index is 0.103. The molecule has 3 aliphatic rings. The number of hydrogen-bond acceptors (Lipinski definition) is 5. The van der Waals surface area contributed by atoms with E-state index < -0.39 is 29.1 Å². The minimum Gasteiger partial charge on any atom is -0.396 e. The first-order valence-electron chi connectivity index (χ1n) is 16.3. The van der Waals surface area contributed by atoms with Crippen LogP contribution in [0.4, 0.5) is 5.69 Å². The number of nitrogens with zero attached hydrogens (tertiary/aromatic N) is 3. The molecule has 3 aliphatic heterocycles. The summed E-state index contributed by atoms with van der Waals surface area (Å²) in [4.78, 5) is 49.0. The van der Waals surface area contributed by atoms with E-state index in [0.717, 1.165) is 44.2 Å². The van der Waals surface area contributed by atoms with Crippen LogP contribution in [-0.4, -0.2) is 82.7 Å². The van der Waals surface area contributed by atoms with Gasteiger partial charge in [0.1, 0.15) is 11.6 Å². The Bertz CT molecular complexity index is 1140. The molecule has 43 heavy (non-hydrogen) atoms. The Morgan fingerprint density at radius 2 is 1.72 bits per heavy atom. The Labute approximate surface area is 257 Å². The summed E-state index contributed by atoms with van der Waals surface area (Å²) >= 11 is 0. The van der Waals surface area contributed by atoms with Gasteiger partial charge in [-0.1, -0.05) is 69.9 Å². The van der Waals surface area contributed by atoms with Crippen molar-refractivity contribution >= 4 is 23.4 Å². The van der Waals surface area contributed by atoms with E-state index in [1.54, 1.807) is 22.0 Å². The molecule has 1 N–H and O–H groups in total. The van der Waals surface area contributed by atoms with E-state index in [2.05, 4.69) is 20.1 Å². The number of hydrogen-bond donors (Lipinski definition) is 1. The number of para-hydroxylation sites is 1. The highest BCUT2D eigenvalue weighted by Gasteiger charge is 2.79. The number of rotatable bonds is 18. The van der Waals surface area contributed by atoms with Crippen LogP contribution in [0.1, 0.15) is 78.1 Å². The molecule has 0 saturated carbocycles. The van der Waals surface area contributed by atoms with Crippen LogP contribution >= 0.6 is 0 Å². The molecule has 1 spiro atoms. The largest absolute Gasteiger partial charge is 0.396 e. The van der Waals surface area contributed by atoms with Crippen LogP contribution in [0.15, 0.2) is 55.6 Å². The number of benzene rings is 1. The minimum atomic E-state index is -1.05. The number of amides is 3. The molecule has 1 aromatic carbocycles. The number of carbonyl (C=O) groups is 3. The van der Waals surface area contributed by atoms with Gasteiger partial charge in [0, 0.05) is 38.5 Å². The van der Waals surface area contributed by atoms with Crippen LogP contribution in [0.2, 0.25) is 0 Å². The van der Waals surface area contributed by atoms with Gasteiger partial charge in [0.25, 0.3) is 0 Å². The van der Waals surface area contributed by atoms with E-state index in [4.69, 9.17) is 4.74 Å². The van der Waals surface area contributed by atoms with Crippen LogP contribution in [0, 0.1) is 11.8 Å². The molecule has 0 aromatic heterocycles. The Kier molecular flexibility index (Phi) is 11.2. The molecule has 3 saturated heterocycles. The fourth-order valence-electron chi connectivity index (χ4n) is 7.76. The van der Waals surface area contributed by atoms with Gasteiger partial charge in [-0.25, -0.2) is 0 Å². The van der Waals surface area contributed by atoms with E-state index in [0.29, 0.717) is 51.9 Å². The van der Waals surface area contributed by atoms with E-state index in [-0.39, 0.29) is 24.3 Å². The summed E-state index contributed by atoms with van der Waals surface area (Å²) in [6.07, 6.45) is 11.3. The second-order valence-electron chi connectivity index (χ2n) is 12.4. The molecule has 0 aliphatic carbocycles. The Hall–Kier alpha value is -2.97. The van der Waals surface area contributed by atoms with E-state index in [1.807, 2.05) is 42.2 Å². The van der Waals surface area contributed by atoms with Crippen molar-refractivity contribution in [1.29, 1.82) is 0 Å². The molecule has 2 unspecified atom stereocenters. The molecule has 0 radical (unpaired) electrons. The Morgan fingerprint density at radius 3 is 2.37 bits per heavy atom. The Balaban J connectivity index is 1.74. The van der Waals surface area contributed by atoms with Crippen molar-refractivity contribution in [2.75, 3.05) is 37.7 Å². The van der Waals surface area contributed by atoms with Gasteiger partial charge in [-0.3, -0.25) is 14.4 Å². The molecule has 4 rings (SSSR count). The molecule has 8 heteroatoms. The third kappa shape index (κ3) is 6.18. The van der Waals surface area contributed by atoms with E-state index >= 15 is 0 Å². The first kappa shape index (κ1) is 32.9. The average Bonchev–Trinajstić information content (AvgIpc) is 3.62. The van der Waals surface area contributed by atoms with E-state index in [9.17, 15) is 19.5 Å². The topological polar surface area (TPSA) is 90.4 Å². The lowest BCUT2D eigenvalue weighted by atomic mass is 9.64. The summed E-state index contributed by atoms with van der Waals surface area (Å²) in [5, 5.41) is 9.23. The second kappa shape index (κ2) is 14.7. The fraction of sp³-hybridized carbons (Fsp3) is 0.629. The summed E-state index contributed by atoms with van der Waals surface area (Å²) in [6.45, 7) is 13.8. The van der Waals surface area contributed by atoms with E-state index in [1.165, 1.54) is 0 Å². The summed E-state index contributed by atoms with van der Waals surface area (Å²) < 4.78 is 7.01. The molecule has 3 heterocycles. The molecule has 3 amide bonds. The number of aliphatic hydroxyl groups excluding tert-OH is 1. The zero-order chi connectivity index (χ0) is 31.0. The second-order valence-corrected chi connectivity index (χ2v) is 12.4.